The molecule has 1 amide bonds. The number of nitrogens with zero attached hydrogens (tertiary/aromatic N) is 2. The van der Waals surface area contributed by atoms with Crippen molar-refractivity contribution < 1.29 is 14.0 Å². The Morgan fingerprint density at radius 1 is 1.24 bits per heavy atom. The summed E-state index contributed by atoms with van der Waals surface area (Å²) in [4.78, 5) is 26.4. The average molecular weight is 392 g/mol. The van der Waals surface area contributed by atoms with Crippen molar-refractivity contribution in [2.24, 2.45) is 0 Å². The molecule has 1 aliphatic rings. The van der Waals surface area contributed by atoms with Gasteiger partial charge in [0, 0.05) is 31.0 Å². The molecule has 0 radical (unpaired) electrons. The van der Waals surface area contributed by atoms with Crippen molar-refractivity contribution in [3.8, 4) is 6.07 Å². The van der Waals surface area contributed by atoms with Crippen LogP contribution in [-0.2, 0) is 17.6 Å². The van der Waals surface area contributed by atoms with Crippen LogP contribution in [0.4, 0.5) is 4.39 Å². The summed E-state index contributed by atoms with van der Waals surface area (Å²) in [7, 11) is 0. The van der Waals surface area contributed by atoms with Gasteiger partial charge in [0.25, 0.3) is 5.91 Å². The van der Waals surface area contributed by atoms with E-state index in [9.17, 15) is 19.2 Å². The van der Waals surface area contributed by atoms with Crippen LogP contribution in [0.25, 0.3) is 0 Å². The fraction of sp³-hybridized carbons (Fsp3) is 0.375. The molecule has 2 aromatic carbocycles. The molecule has 0 fully saturated rings. The van der Waals surface area contributed by atoms with Gasteiger partial charge in [0.1, 0.15) is 12.1 Å². The molecule has 0 aliphatic heterocycles. The van der Waals surface area contributed by atoms with E-state index in [0.29, 0.717) is 24.2 Å². The maximum atomic E-state index is 13.4. The number of halogens is 1. The first-order valence-corrected chi connectivity index (χ1v) is 10.1. The molecule has 0 saturated carbocycles. The molecule has 0 N–H and O–H groups in total. The number of amides is 1. The lowest BCUT2D eigenvalue weighted by Crippen LogP contribution is -2.35. The lowest BCUT2D eigenvalue weighted by atomic mass is 9.86. The first-order valence-electron chi connectivity index (χ1n) is 10.1. The van der Waals surface area contributed by atoms with Gasteiger partial charge in [0.15, 0.2) is 0 Å². The van der Waals surface area contributed by atoms with Crippen molar-refractivity contribution in [2.75, 3.05) is 13.1 Å². The lowest BCUT2D eigenvalue weighted by Gasteiger charge is -2.28. The molecule has 1 aliphatic carbocycles. The molecular weight excluding hydrogens is 367 g/mol. The van der Waals surface area contributed by atoms with Crippen LogP contribution in [-0.4, -0.2) is 30.2 Å². The number of likely N-dealkylation sites (N-methyl/N-ethyl adjacent to an activating group) is 1. The highest BCUT2D eigenvalue weighted by Gasteiger charge is 2.25. The second-order valence-corrected chi connectivity index (χ2v) is 7.48. The quantitative estimate of drug-likeness (QED) is 0.656. The zero-order valence-electron chi connectivity index (χ0n) is 16.7. The summed E-state index contributed by atoms with van der Waals surface area (Å²) in [6.07, 6.45) is 4.93. The normalized spacial score (nSPS) is 13.8. The maximum absolute atomic E-state index is 13.4. The van der Waals surface area contributed by atoms with Crippen LogP contribution >= 0.6 is 0 Å². The molecule has 2 aromatic rings. The summed E-state index contributed by atoms with van der Waals surface area (Å²) in [5.41, 5.74) is 4.08. The first-order chi connectivity index (χ1) is 14.1. The van der Waals surface area contributed by atoms with Gasteiger partial charge in [0.2, 0.25) is 0 Å². The highest BCUT2D eigenvalue weighted by molar-refractivity contribution is 5.96. The van der Waals surface area contributed by atoms with E-state index in [4.69, 9.17) is 0 Å². The van der Waals surface area contributed by atoms with Crippen molar-refractivity contribution in [2.45, 2.75) is 44.9 Å². The Labute approximate surface area is 171 Å². The van der Waals surface area contributed by atoms with Gasteiger partial charge >= 0.3 is 0 Å². The Kier molecular flexibility index (Phi) is 6.77. The molecular formula is C24H25FN2O2. The molecule has 0 aromatic heterocycles. The minimum absolute atomic E-state index is 0.110. The minimum atomic E-state index is -0.332. The van der Waals surface area contributed by atoms with Gasteiger partial charge in [-0.2, -0.15) is 5.26 Å². The molecule has 150 valence electrons. The largest absolute Gasteiger partial charge is 0.338 e. The Hall–Kier alpha value is -3.00. The third-order valence-electron chi connectivity index (χ3n) is 5.66. The van der Waals surface area contributed by atoms with Gasteiger partial charge in [-0.3, -0.25) is 4.79 Å². The predicted octanol–water partition coefficient (Wildman–Crippen LogP) is 4.41. The van der Waals surface area contributed by atoms with Crippen molar-refractivity contribution >= 4 is 12.2 Å². The standard InChI is InChI=1S/C24H25FN2O2/c1-2-27(16-20(11-12-28)18-7-9-21(25)10-8-18)24(29)23-14-17(15-26)13-19-5-3-4-6-22(19)23/h7-10,12-14,20H,2-6,11,16H2,1H3/t20-/m1/s1. The summed E-state index contributed by atoms with van der Waals surface area (Å²) in [6, 6.07) is 11.8. The summed E-state index contributed by atoms with van der Waals surface area (Å²) < 4.78 is 13.3. The van der Waals surface area contributed by atoms with Gasteiger partial charge in [-0.15, -0.1) is 0 Å². The monoisotopic (exact) mass is 392 g/mol. The van der Waals surface area contributed by atoms with Gasteiger partial charge in [0.05, 0.1) is 11.6 Å². The summed E-state index contributed by atoms with van der Waals surface area (Å²) in [5.74, 6) is -0.644. The van der Waals surface area contributed by atoms with E-state index in [-0.39, 0.29) is 24.1 Å². The van der Waals surface area contributed by atoms with Gasteiger partial charge < -0.3 is 9.69 Å². The van der Waals surface area contributed by atoms with Gasteiger partial charge in [-0.1, -0.05) is 12.1 Å². The molecule has 0 saturated heterocycles. The number of benzene rings is 2. The van der Waals surface area contributed by atoms with Crippen molar-refractivity contribution in [3.63, 3.8) is 0 Å². The summed E-state index contributed by atoms with van der Waals surface area (Å²) in [5, 5.41) is 9.38. The van der Waals surface area contributed by atoms with E-state index in [1.165, 1.54) is 12.1 Å². The minimum Gasteiger partial charge on any atom is -0.338 e. The third kappa shape index (κ3) is 4.71. The van der Waals surface area contributed by atoms with E-state index in [1.807, 2.05) is 13.0 Å². The van der Waals surface area contributed by atoms with Crippen LogP contribution in [0, 0.1) is 17.1 Å². The van der Waals surface area contributed by atoms with E-state index >= 15 is 0 Å². The molecule has 1 atom stereocenters. The van der Waals surface area contributed by atoms with E-state index in [0.717, 1.165) is 48.7 Å². The Morgan fingerprint density at radius 3 is 2.62 bits per heavy atom. The van der Waals surface area contributed by atoms with E-state index in [1.54, 1.807) is 23.1 Å². The van der Waals surface area contributed by atoms with Crippen molar-refractivity contribution in [1.82, 2.24) is 4.90 Å². The molecule has 5 heteroatoms. The van der Waals surface area contributed by atoms with Crippen LogP contribution < -0.4 is 0 Å². The average Bonchev–Trinajstić information content (AvgIpc) is 2.76. The molecule has 3 rings (SSSR count). The Balaban J connectivity index is 1.91. The summed E-state index contributed by atoms with van der Waals surface area (Å²) in [6.45, 7) is 2.76. The topological polar surface area (TPSA) is 61.2 Å². The zero-order chi connectivity index (χ0) is 20.8. The fourth-order valence-electron chi connectivity index (χ4n) is 4.08. The first kappa shape index (κ1) is 20.7. The number of fused-ring (bicyclic) bond motifs is 1. The number of aryl methyl sites for hydroxylation is 1. The Bertz CT molecular complexity index is 931. The highest BCUT2D eigenvalue weighted by atomic mass is 19.1. The van der Waals surface area contributed by atoms with Gasteiger partial charge in [-0.25, -0.2) is 4.39 Å². The summed E-state index contributed by atoms with van der Waals surface area (Å²) >= 11 is 0. The number of hydrogen-bond donors (Lipinski definition) is 0. The molecule has 0 heterocycles. The number of aldehydes is 1. The predicted molar refractivity (Wildman–Crippen MR) is 109 cm³/mol. The second-order valence-electron chi connectivity index (χ2n) is 7.48. The van der Waals surface area contributed by atoms with Crippen LogP contribution in [0.1, 0.15) is 64.7 Å². The molecule has 0 unspecified atom stereocenters. The van der Waals surface area contributed by atoms with Crippen LogP contribution in [0.5, 0.6) is 0 Å². The van der Waals surface area contributed by atoms with Gasteiger partial charge in [-0.05, 0) is 73.6 Å². The van der Waals surface area contributed by atoms with Crippen LogP contribution in [0.3, 0.4) is 0 Å². The molecule has 4 nitrogen and oxygen atoms in total. The smallest absolute Gasteiger partial charge is 0.254 e. The van der Waals surface area contributed by atoms with E-state index < -0.39 is 0 Å². The fourth-order valence-corrected chi connectivity index (χ4v) is 4.08. The molecule has 0 spiro atoms. The number of carbonyl (C=O) groups excluding carboxylic acids is 2. The Morgan fingerprint density at radius 2 is 1.97 bits per heavy atom. The van der Waals surface area contributed by atoms with Crippen LogP contribution in [0.15, 0.2) is 36.4 Å². The van der Waals surface area contributed by atoms with Crippen molar-refractivity contribution in [3.05, 3.63) is 70.0 Å². The lowest BCUT2D eigenvalue weighted by molar-refractivity contribution is -0.108. The molecule has 29 heavy (non-hydrogen) atoms. The molecule has 0 bridgehead atoms. The number of rotatable bonds is 7. The maximum Gasteiger partial charge on any atom is 0.254 e. The van der Waals surface area contributed by atoms with E-state index in [2.05, 4.69) is 6.07 Å². The SMILES string of the molecule is CCN(C[C@@H](CC=O)c1ccc(F)cc1)C(=O)c1cc(C#N)cc2c1CCCC2. The zero-order valence-corrected chi connectivity index (χ0v) is 16.7. The number of nitriles is 1. The third-order valence-corrected chi connectivity index (χ3v) is 5.66. The van der Waals surface area contributed by atoms with Crippen LogP contribution in [0.2, 0.25) is 0 Å². The highest BCUT2D eigenvalue weighted by Crippen LogP contribution is 2.28. The van der Waals surface area contributed by atoms with Crippen molar-refractivity contribution in [1.29, 1.82) is 5.26 Å². The second kappa shape index (κ2) is 9.47. The number of carbonyl (C=O) groups is 2. The number of hydrogen-bond acceptors (Lipinski definition) is 3.